The summed E-state index contributed by atoms with van der Waals surface area (Å²) >= 11 is 7.05. The van der Waals surface area contributed by atoms with E-state index in [4.69, 9.17) is 11.6 Å². The molecule has 114 valence electrons. The van der Waals surface area contributed by atoms with Gasteiger partial charge in [0.15, 0.2) is 0 Å². The summed E-state index contributed by atoms with van der Waals surface area (Å²) in [5.74, 6) is 1.06. The second kappa shape index (κ2) is 7.25. The lowest BCUT2D eigenvalue weighted by atomic mass is 9.96. The second-order valence-corrected chi connectivity index (χ2v) is 8.94. The van der Waals surface area contributed by atoms with Gasteiger partial charge < -0.3 is 0 Å². The number of nitrogens with zero attached hydrogens (tertiary/aromatic N) is 1. The van der Waals surface area contributed by atoms with Crippen molar-refractivity contribution in [2.24, 2.45) is 5.92 Å². The SMILES string of the molecule is CCCC1CCCN(S(=O)(=O)c2ccc(CCl)s2)CC1. The van der Waals surface area contributed by atoms with Crippen LogP contribution < -0.4 is 0 Å². The zero-order valence-electron chi connectivity index (χ0n) is 11.8. The summed E-state index contributed by atoms with van der Waals surface area (Å²) in [5, 5.41) is 0. The molecule has 1 unspecified atom stereocenters. The first-order valence-electron chi connectivity index (χ1n) is 7.22. The minimum atomic E-state index is -3.32. The number of hydrogen-bond donors (Lipinski definition) is 0. The predicted octanol–water partition coefficient (Wildman–Crippen LogP) is 4.08. The van der Waals surface area contributed by atoms with Gasteiger partial charge in [0.25, 0.3) is 10.0 Å². The van der Waals surface area contributed by atoms with Crippen LogP contribution in [0.3, 0.4) is 0 Å². The molecule has 0 saturated carbocycles. The average molecular weight is 336 g/mol. The van der Waals surface area contributed by atoms with Crippen molar-refractivity contribution in [2.45, 2.75) is 49.1 Å². The van der Waals surface area contributed by atoms with E-state index in [0.717, 1.165) is 24.1 Å². The van der Waals surface area contributed by atoms with E-state index in [1.165, 1.54) is 24.2 Å². The second-order valence-electron chi connectivity index (χ2n) is 5.34. The molecule has 1 saturated heterocycles. The van der Waals surface area contributed by atoms with Gasteiger partial charge in [-0.15, -0.1) is 22.9 Å². The molecule has 0 N–H and O–H groups in total. The number of rotatable bonds is 5. The molecule has 2 rings (SSSR count). The lowest BCUT2D eigenvalue weighted by Gasteiger charge is -2.19. The first-order valence-corrected chi connectivity index (χ1v) is 10.0. The Labute approximate surface area is 131 Å². The molecule has 0 radical (unpaired) electrons. The summed E-state index contributed by atoms with van der Waals surface area (Å²) in [4.78, 5) is 0.906. The van der Waals surface area contributed by atoms with Gasteiger partial charge in [0.2, 0.25) is 0 Å². The highest BCUT2D eigenvalue weighted by Crippen LogP contribution is 2.29. The van der Waals surface area contributed by atoms with Crippen molar-refractivity contribution in [3.63, 3.8) is 0 Å². The summed E-state index contributed by atoms with van der Waals surface area (Å²) in [5.41, 5.74) is 0. The van der Waals surface area contributed by atoms with Gasteiger partial charge in [0.05, 0.1) is 5.88 Å². The smallest absolute Gasteiger partial charge is 0.206 e. The molecule has 0 amide bonds. The zero-order valence-corrected chi connectivity index (χ0v) is 14.2. The third-order valence-electron chi connectivity index (χ3n) is 3.87. The van der Waals surface area contributed by atoms with E-state index in [0.29, 0.717) is 29.1 Å². The molecule has 20 heavy (non-hydrogen) atoms. The minimum absolute atomic E-state index is 0.374. The van der Waals surface area contributed by atoms with Crippen molar-refractivity contribution >= 4 is 33.0 Å². The first-order chi connectivity index (χ1) is 9.57. The molecule has 1 aromatic rings. The molecule has 0 aliphatic carbocycles. The maximum Gasteiger partial charge on any atom is 0.252 e. The monoisotopic (exact) mass is 335 g/mol. The quantitative estimate of drug-likeness (QED) is 0.760. The van der Waals surface area contributed by atoms with Crippen LogP contribution in [-0.2, 0) is 15.9 Å². The van der Waals surface area contributed by atoms with Gasteiger partial charge in [-0.2, -0.15) is 4.31 Å². The van der Waals surface area contributed by atoms with Crippen LogP contribution in [0.25, 0.3) is 0 Å². The van der Waals surface area contributed by atoms with Crippen LogP contribution in [0.4, 0.5) is 0 Å². The summed E-state index contributed by atoms with van der Waals surface area (Å²) in [6.45, 7) is 3.50. The average Bonchev–Trinajstić information content (AvgIpc) is 2.80. The molecule has 0 spiro atoms. The normalized spacial score (nSPS) is 21.8. The molecule has 1 aromatic heterocycles. The van der Waals surface area contributed by atoms with Gasteiger partial charge in [-0.25, -0.2) is 8.42 Å². The van der Waals surface area contributed by atoms with Gasteiger partial charge in [-0.3, -0.25) is 0 Å². The van der Waals surface area contributed by atoms with E-state index in [2.05, 4.69) is 6.92 Å². The number of sulfonamides is 1. The molecule has 6 heteroatoms. The highest BCUT2D eigenvalue weighted by Gasteiger charge is 2.28. The topological polar surface area (TPSA) is 37.4 Å². The van der Waals surface area contributed by atoms with Gasteiger partial charge in [-0.05, 0) is 37.3 Å². The lowest BCUT2D eigenvalue weighted by Crippen LogP contribution is -2.31. The fourth-order valence-electron chi connectivity index (χ4n) is 2.77. The molecule has 1 atom stereocenters. The van der Waals surface area contributed by atoms with E-state index in [-0.39, 0.29) is 0 Å². The highest BCUT2D eigenvalue weighted by molar-refractivity contribution is 7.91. The van der Waals surface area contributed by atoms with E-state index in [1.807, 2.05) is 6.07 Å². The molecule has 3 nitrogen and oxygen atoms in total. The number of hydrogen-bond acceptors (Lipinski definition) is 3. The minimum Gasteiger partial charge on any atom is -0.206 e. The molecule has 2 heterocycles. The Morgan fingerprint density at radius 2 is 2.15 bits per heavy atom. The third kappa shape index (κ3) is 3.75. The molecule has 1 aliphatic heterocycles. The van der Waals surface area contributed by atoms with Crippen LogP contribution in [0, 0.1) is 5.92 Å². The van der Waals surface area contributed by atoms with Crippen molar-refractivity contribution < 1.29 is 8.42 Å². The molecule has 0 bridgehead atoms. The maximum absolute atomic E-state index is 12.6. The fraction of sp³-hybridized carbons (Fsp3) is 0.714. The third-order valence-corrected chi connectivity index (χ3v) is 7.76. The van der Waals surface area contributed by atoms with Gasteiger partial charge in [-0.1, -0.05) is 19.8 Å². The summed E-state index contributed by atoms with van der Waals surface area (Å²) in [6.07, 6.45) is 5.50. The van der Waals surface area contributed by atoms with Gasteiger partial charge in [0.1, 0.15) is 4.21 Å². The van der Waals surface area contributed by atoms with E-state index in [1.54, 1.807) is 10.4 Å². The van der Waals surface area contributed by atoms with Crippen LogP contribution in [0.5, 0.6) is 0 Å². The number of thiophene rings is 1. The van der Waals surface area contributed by atoms with Crippen molar-refractivity contribution in [1.82, 2.24) is 4.31 Å². The predicted molar refractivity (Wildman–Crippen MR) is 84.9 cm³/mol. The largest absolute Gasteiger partial charge is 0.252 e. The molecule has 0 aromatic carbocycles. The highest BCUT2D eigenvalue weighted by atomic mass is 35.5. The standard InChI is InChI=1S/C14H22ClNO2S2/c1-2-4-12-5-3-9-16(10-8-12)20(17,18)14-7-6-13(11-15)19-14/h6-7,12H,2-5,8-11H2,1H3. The Morgan fingerprint density at radius 1 is 1.35 bits per heavy atom. The Bertz CT molecular complexity index is 527. The van der Waals surface area contributed by atoms with E-state index < -0.39 is 10.0 Å². The number of halogens is 1. The maximum atomic E-state index is 12.6. The van der Waals surface area contributed by atoms with Gasteiger partial charge in [0, 0.05) is 18.0 Å². The van der Waals surface area contributed by atoms with Crippen LogP contribution in [0.1, 0.15) is 43.9 Å². The fourth-order valence-corrected chi connectivity index (χ4v) is 5.88. The Kier molecular flexibility index (Phi) is 5.90. The van der Waals surface area contributed by atoms with Gasteiger partial charge >= 0.3 is 0 Å². The number of alkyl halides is 1. The Morgan fingerprint density at radius 3 is 2.80 bits per heavy atom. The molecule has 1 aliphatic rings. The van der Waals surface area contributed by atoms with Crippen LogP contribution in [-0.4, -0.2) is 25.8 Å². The van der Waals surface area contributed by atoms with E-state index >= 15 is 0 Å². The zero-order chi connectivity index (χ0) is 14.6. The summed E-state index contributed by atoms with van der Waals surface area (Å²) in [7, 11) is -3.32. The van der Waals surface area contributed by atoms with Crippen molar-refractivity contribution in [3.05, 3.63) is 17.0 Å². The molecular formula is C14H22ClNO2S2. The lowest BCUT2D eigenvalue weighted by molar-refractivity contribution is 0.400. The summed E-state index contributed by atoms with van der Waals surface area (Å²) < 4.78 is 27.3. The summed E-state index contributed by atoms with van der Waals surface area (Å²) in [6, 6.07) is 3.49. The molecular weight excluding hydrogens is 314 g/mol. The first kappa shape index (κ1) is 16.3. The Balaban J connectivity index is 2.09. The Hall–Kier alpha value is -0.100. The van der Waals surface area contributed by atoms with Crippen LogP contribution >= 0.6 is 22.9 Å². The van der Waals surface area contributed by atoms with Crippen molar-refractivity contribution in [1.29, 1.82) is 0 Å². The van der Waals surface area contributed by atoms with Crippen LogP contribution in [0.15, 0.2) is 16.3 Å². The van der Waals surface area contributed by atoms with Crippen molar-refractivity contribution in [2.75, 3.05) is 13.1 Å². The van der Waals surface area contributed by atoms with Crippen molar-refractivity contribution in [3.8, 4) is 0 Å². The van der Waals surface area contributed by atoms with Crippen LogP contribution in [0.2, 0.25) is 0 Å². The van der Waals surface area contributed by atoms with E-state index in [9.17, 15) is 8.42 Å². The molecule has 1 fully saturated rings.